The van der Waals surface area contributed by atoms with E-state index < -0.39 is 0 Å². The minimum absolute atomic E-state index is 0.0582. The molecule has 0 saturated carbocycles. The van der Waals surface area contributed by atoms with Gasteiger partial charge in [-0.2, -0.15) is 0 Å². The molecule has 7 heteroatoms. The van der Waals surface area contributed by atoms with Crippen LogP contribution >= 0.6 is 0 Å². The lowest BCUT2D eigenvalue weighted by Gasteiger charge is -2.37. The van der Waals surface area contributed by atoms with Crippen molar-refractivity contribution in [1.29, 1.82) is 0 Å². The Morgan fingerprint density at radius 1 is 1.26 bits per heavy atom. The third-order valence-electron chi connectivity index (χ3n) is 5.08. The van der Waals surface area contributed by atoms with Crippen molar-refractivity contribution < 1.29 is 9.47 Å². The number of nitrogens with one attached hydrogen (secondary N) is 1. The maximum atomic E-state index is 11.7. The average molecular weight is 377 g/mol. The van der Waals surface area contributed by atoms with Crippen molar-refractivity contribution in [2.75, 3.05) is 39.4 Å². The molecule has 3 heterocycles. The van der Waals surface area contributed by atoms with Crippen molar-refractivity contribution >= 4 is 5.96 Å². The minimum atomic E-state index is 0.0582. The first kappa shape index (κ1) is 19.9. The second-order valence-corrected chi connectivity index (χ2v) is 7.08. The van der Waals surface area contributed by atoms with Gasteiger partial charge in [0.1, 0.15) is 6.10 Å². The minimum Gasteiger partial charge on any atom is -0.375 e. The number of aryl methyl sites for hydroxylation is 1. The Morgan fingerprint density at radius 2 is 2.15 bits per heavy atom. The molecule has 0 radical (unpaired) electrons. The lowest BCUT2D eigenvalue weighted by atomic mass is 10.1. The molecule has 2 unspecified atom stereocenters. The molecule has 0 bridgehead atoms. The molecule has 3 rings (SSSR count). The molecule has 0 amide bonds. The fourth-order valence-corrected chi connectivity index (χ4v) is 3.64. The molecule has 1 N–H and O–H groups in total. The van der Waals surface area contributed by atoms with Crippen LogP contribution in [0.1, 0.15) is 32.6 Å². The van der Waals surface area contributed by atoms with E-state index in [0.717, 1.165) is 71.0 Å². The van der Waals surface area contributed by atoms with E-state index in [0.29, 0.717) is 6.61 Å². The summed E-state index contributed by atoms with van der Waals surface area (Å²) in [5, 5.41) is 3.41. The van der Waals surface area contributed by atoms with Gasteiger partial charge in [0.15, 0.2) is 5.96 Å². The predicted molar refractivity (Wildman–Crippen MR) is 106 cm³/mol. The maximum Gasteiger partial charge on any atom is 0.250 e. The summed E-state index contributed by atoms with van der Waals surface area (Å²) in [6, 6.07) is 5.27. The van der Waals surface area contributed by atoms with Gasteiger partial charge >= 0.3 is 0 Å². The summed E-state index contributed by atoms with van der Waals surface area (Å²) in [6.07, 6.45) is 6.31. The van der Waals surface area contributed by atoms with Crippen LogP contribution in [0.25, 0.3) is 0 Å². The van der Waals surface area contributed by atoms with Crippen molar-refractivity contribution in [3.63, 3.8) is 0 Å². The molecule has 1 aromatic heterocycles. The molecular formula is C20H32N4O3. The third kappa shape index (κ3) is 5.81. The predicted octanol–water partition coefficient (Wildman–Crippen LogP) is 1.47. The van der Waals surface area contributed by atoms with Crippen molar-refractivity contribution in [2.24, 2.45) is 4.99 Å². The summed E-state index contributed by atoms with van der Waals surface area (Å²) in [4.78, 5) is 18.8. The normalized spacial score (nSPS) is 23.6. The van der Waals surface area contributed by atoms with Crippen LogP contribution in [-0.2, 0) is 16.0 Å². The first-order valence-electron chi connectivity index (χ1n) is 10.2. The van der Waals surface area contributed by atoms with Gasteiger partial charge in [0.2, 0.25) is 5.56 Å². The summed E-state index contributed by atoms with van der Waals surface area (Å²) >= 11 is 0. The van der Waals surface area contributed by atoms with Gasteiger partial charge in [-0.05, 0) is 38.7 Å². The Hall–Kier alpha value is -1.86. The molecule has 0 aliphatic carbocycles. The smallest absolute Gasteiger partial charge is 0.250 e. The van der Waals surface area contributed by atoms with E-state index in [2.05, 4.69) is 17.1 Å². The lowest BCUT2D eigenvalue weighted by molar-refractivity contribution is -0.0817. The number of pyridine rings is 1. The number of morpholine rings is 1. The second kappa shape index (κ2) is 10.5. The number of ether oxygens (including phenoxy) is 2. The van der Waals surface area contributed by atoms with E-state index in [4.69, 9.17) is 14.5 Å². The first-order chi connectivity index (χ1) is 13.3. The maximum absolute atomic E-state index is 11.7. The van der Waals surface area contributed by atoms with Crippen LogP contribution < -0.4 is 10.9 Å². The largest absolute Gasteiger partial charge is 0.375 e. The zero-order valence-electron chi connectivity index (χ0n) is 16.3. The third-order valence-corrected chi connectivity index (χ3v) is 5.08. The Balaban J connectivity index is 1.48. The van der Waals surface area contributed by atoms with Gasteiger partial charge < -0.3 is 24.3 Å². The van der Waals surface area contributed by atoms with E-state index in [9.17, 15) is 4.79 Å². The number of unbranched alkanes of at least 4 members (excludes halogenated alkanes) is 1. The van der Waals surface area contributed by atoms with Gasteiger partial charge in [-0.1, -0.05) is 6.07 Å². The zero-order valence-corrected chi connectivity index (χ0v) is 16.3. The number of aromatic nitrogens is 1. The van der Waals surface area contributed by atoms with Crippen LogP contribution in [0.5, 0.6) is 0 Å². The Morgan fingerprint density at radius 3 is 2.93 bits per heavy atom. The van der Waals surface area contributed by atoms with Gasteiger partial charge in [0.25, 0.3) is 0 Å². The number of rotatable bonds is 7. The van der Waals surface area contributed by atoms with E-state index in [1.165, 1.54) is 0 Å². The van der Waals surface area contributed by atoms with E-state index in [-0.39, 0.29) is 17.8 Å². The average Bonchev–Trinajstić information content (AvgIpc) is 3.23. The Bertz CT molecular complexity index is 655. The topological polar surface area (TPSA) is 68.1 Å². The van der Waals surface area contributed by atoms with Gasteiger partial charge in [-0.25, -0.2) is 0 Å². The fraction of sp³-hybridized carbons (Fsp3) is 0.700. The van der Waals surface area contributed by atoms with Gasteiger partial charge in [-0.3, -0.25) is 9.79 Å². The number of nitrogens with zero attached hydrogens (tertiary/aromatic N) is 3. The molecule has 27 heavy (non-hydrogen) atoms. The number of aliphatic imine (C=N–C) groups is 1. The molecule has 7 nitrogen and oxygen atoms in total. The first-order valence-corrected chi connectivity index (χ1v) is 10.2. The Kier molecular flexibility index (Phi) is 7.71. The quantitative estimate of drug-likeness (QED) is 0.443. The van der Waals surface area contributed by atoms with Crippen molar-refractivity contribution in [3.05, 3.63) is 34.7 Å². The highest BCUT2D eigenvalue weighted by atomic mass is 16.5. The number of hydrogen-bond acceptors (Lipinski definition) is 4. The number of hydrogen-bond donors (Lipinski definition) is 1. The molecule has 150 valence electrons. The van der Waals surface area contributed by atoms with Crippen LogP contribution in [0.3, 0.4) is 0 Å². The second-order valence-electron chi connectivity index (χ2n) is 7.08. The molecular weight excluding hydrogens is 344 g/mol. The zero-order chi connectivity index (χ0) is 18.9. The van der Waals surface area contributed by atoms with E-state index in [1.807, 2.05) is 12.3 Å². The van der Waals surface area contributed by atoms with E-state index in [1.54, 1.807) is 16.7 Å². The highest BCUT2D eigenvalue weighted by Crippen LogP contribution is 2.21. The molecule has 2 saturated heterocycles. The molecule has 1 aromatic rings. The molecule has 2 aliphatic heterocycles. The molecule has 2 fully saturated rings. The summed E-state index contributed by atoms with van der Waals surface area (Å²) < 4.78 is 13.5. The molecule has 0 spiro atoms. The summed E-state index contributed by atoms with van der Waals surface area (Å²) in [7, 11) is 0. The van der Waals surface area contributed by atoms with Crippen LogP contribution in [0.2, 0.25) is 0 Å². The van der Waals surface area contributed by atoms with Gasteiger partial charge in [0.05, 0.1) is 12.7 Å². The van der Waals surface area contributed by atoms with E-state index >= 15 is 0 Å². The number of guanidine groups is 1. The van der Waals surface area contributed by atoms with Gasteiger partial charge in [0, 0.05) is 51.6 Å². The fourth-order valence-electron chi connectivity index (χ4n) is 3.64. The van der Waals surface area contributed by atoms with Gasteiger partial charge in [-0.15, -0.1) is 0 Å². The molecule has 0 aromatic carbocycles. The lowest BCUT2D eigenvalue weighted by Crippen LogP contribution is -2.53. The SMILES string of the molecule is CCNC(=NCCCCn1ccccc1=O)N1CCOC(C2CCCO2)C1. The summed E-state index contributed by atoms with van der Waals surface area (Å²) in [5.41, 5.74) is 0.0582. The molecule has 2 aliphatic rings. The summed E-state index contributed by atoms with van der Waals surface area (Å²) in [5.74, 6) is 0.959. The summed E-state index contributed by atoms with van der Waals surface area (Å²) in [6.45, 7) is 7.69. The Labute approximate surface area is 161 Å². The van der Waals surface area contributed by atoms with Crippen molar-refractivity contribution in [1.82, 2.24) is 14.8 Å². The van der Waals surface area contributed by atoms with Crippen LogP contribution in [0.4, 0.5) is 0 Å². The van der Waals surface area contributed by atoms with Crippen LogP contribution in [0.15, 0.2) is 34.2 Å². The monoisotopic (exact) mass is 376 g/mol. The highest BCUT2D eigenvalue weighted by Gasteiger charge is 2.32. The highest BCUT2D eigenvalue weighted by molar-refractivity contribution is 5.80. The van der Waals surface area contributed by atoms with Crippen LogP contribution in [0, 0.1) is 0 Å². The van der Waals surface area contributed by atoms with Crippen molar-refractivity contribution in [2.45, 2.75) is 51.4 Å². The molecule has 2 atom stereocenters. The van der Waals surface area contributed by atoms with Crippen molar-refractivity contribution in [3.8, 4) is 0 Å². The van der Waals surface area contributed by atoms with Crippen LogP contribution in [-0.4, -0.2) is 67.0 Å². The standard InChI is InChI=1S/C20H32N4O3/c1-2-21-20(22-10-4-6-12-23-11-5-3-9-19(23)25)24-13-15-27-18(16-24)17-8-7-14-26-17/h3,5,9,11,17-18H,2,4,6-8,10,12-16H2,1H3,(H,21,22).